The fraction of sp³-hybridized carbons (Fsp3) is 0.571. The molecule has 1 unspecified atom stereocenters. The highest BCUT2D eigenvalue weighted by Crippen LogP contribution is 2.27. The monoisotopic (exact) mass is 267 g/mol. The molecule has 0 fully saturated rings. The molecule has 0 heterocycles. The molecule has 1 aliphatic rings. The lowest BCUT2D eigenvalue weighted by molar-refractivity contribution is 0.567. The van der Waals surface area contributed by atoms with Gasteiger partial charge in [-0.25, -0.2) is 8.42 Å². The molecule has 18 heavy (non-hydrogen) atoms. The lowest BCUT2D eigenvalue weighted by Crippen LogP contribution is -2.24. The summed E-state index contributed by atoms with van der Waals surface area (Å²) < 4.78 is 25.0. The number of fused-ring (bicyclic) bond motifs is 1. The highest BCUT2D eigenvalue weighted by Gasteiger charge is 2.26. The zero-order valence-corrected chi connectivity index (χ0v) is 11.7. The third-order valence-electron chi connectivity index (χ3n) is 3.78. The molecule has 0 saturated heterocycles. The largest absolute Gasteiger partial charge is 0.330 e. The lowest BCUT2D eigenvalue weighted by Gasteiger charge is -2.15. The summed E-state index contributed by atoms with van der Waals surface area (Å²) in [7, 11) is -3.21. The molecule has 100 valence electrons. The minimum absolute atomic E-state index is 0.345. The van der Waals surface area contributed by atoms with Crippen molar-refractivity contribution in [3.8, 4) is 0 Å². The molecule has 0 amide bonds. The van der Waals surface area contributed by atoms with Crippen LogP contribution in [0, 0.1) is 0 Å². The number of benzene rings is 1. The topological polar surface area (TPSA) is 60.2 Å². The Hall–Kier alpha value is -0.870. The van der Waals surface area contributed by atoms with Gasteiger partial charge in [0.05, 0.1) is 10.1 Å². The Morgan fingerprint density at radius 1 is 1.28 bits per heavy atom. The minimum atomic E-state index is -3.21. The van der Waals surface area contributed by atoms with Gasteiger partial charge in [0, 0.05) is 0 Å². The van der Waals surface area contributed by atoms with Crippen LogP contribution in [0.15, 0.2) is 23.1 Å². The first kappa shape index (κ1) is 13.6. The number of sulfone groups is 1. The van der Waals surface area contributed by atoms with E-state index in [1.807, 2.05) is 19.1 Å². The van der Waals surface area contributed by atoms with Gasteiger partial charge in [-0.2, -0.15) is 0 Å². The number of aryl methyl sites for hydroxylation is 2. The number of nitrogens with two attached hydrogens (primary N) is 1. The predicted molar refractivity (Wildman–Crippen MR) is 73.4 cm³/mol. The fourth-order valence-corrected chi connectivity index (χ4v) is 4.52. The molecule has 0 aromatic heterocycles. The van der Waals surface area contributed by atoms with Crippen molar-refractivity contribution >= 4 is 9.84 Å². The van der Waals surface area contributed by atoms with E-state index in [0.29, 0.717) is 24.3 Å². The molecule has 0 saturated carbocycles. The van der Waals surface area contributed by atoms with E-state index < -0.39 is 9.84 Å². The molecule has 1 aromatic carbocycles. The van der Waals surface area contributed by atoms with Crippen LogP contribution in [0.4, 0.5) is 0 Å². The SMILES string of the molecule is CCC(CCN)S(=O)(=O)c1ccc2c(c1)CCC2. The van der Waals surface area contributed by atoms with E-state index in [9.17, 15) is 8.42 Å². The summed E-state index contributed by atoms with van der Waals surface area (Å²) in [4.78, 5) is 0.475. The highest BCUT2D eigenvalue weighted by atomic mass is 32.2. The number of rotatable bonds is 5. The van der Waals surface area contributed by atoms with Crippen LogP contribution in [0.1, 0.15) is 37.3 Å². The van der Waals surface area contributed by atoms with E-state index in [1.165, 1.54) is 11.1 Å². The summed E-state index contributed by atoms with van der Waals surface area (Å²) in [5, 5.41) is -0.345. The average molecular weight is 267 g/mol. The van der Waals surface area contributed by atoms with E-state index in [2.05, 4.69) is 0 Å². The van der Waals surface area contributed by atoms with Crippen molar-refractivity contribution in [3.63, 3.8) is 0 Å². The molecule has 1 atom stereocenters. The van der Waals surface area contributed by atoms with Gasteiger partial charge in [0.15, 0.2) is 9.84 Å². The zero-order valence-electron chi connectivity index (χ0n) is 10.9. The van der Waals surface area contributed by atoms with E-state index in [-0.39, 0.29) is 5.25 Å². The first-order valence-corrected chi connectivity index (χ1v) is 8.20. The van der Waals surface area contributed by atoms with Crippen LogP contribution in [-0.4, -0.2) is 20.2 Å². The first-order chi connectivity index (χ1) is 8.59. The van der Waals surface area contributed by atoms with Gasteiger partial charge in [-0.15, -0.1) is 0 Å². The summed E-state index contributed by atoms with van der Waals surface area (Å²) in [6.45, 7) is 2.33. The lowest BCUT2D eigenvalue weighted by atomic mass is 10.1. The van der Waals surface area contributed by atoms with E-state index in [1.54, 1.807) is 6.07 Å². The quantitative estimate of drug-likeness (QED) is 0.888. The Kier molecular flexibility index (Phi) is 4.07. The van der Waals surface area contributed by atoms with Crippen LogP contribution in [0.5, 0.6) is 0 Å². The molecule has 0 spiro atoms. The first-order valence-electron chi connectivity index (χ1n) is 6.65. The molecule has 4 heteroatoms. The molecular formula is C14H21NO2S. The maximum Gasteiger partial charge on any atom is 0.181 e. The van der Waals surface area contributed by atoms with Crippen molar-refractivity contribution in [2.24, 2.45) is 5.73 Å². The summed E-state index contributed by atoms with van der Waals surface area (Å²) >= 11 is 0. The highest BCUT2D eigenvalue weighted by molar-refractivity contribution is 7.92. The summed E-state index contributed by atoms with van der Waals surface area (Å²) in [5.41, 5.74) is 8.02. The van der Waals surface area contributed by atoms with Crippen molar-refractivity contribution in [1.82, 2.24) is 0 Å². The van der Waals surface area contributed by atoms with E-state index >= 15 is 0 Å². The minimum Gasteiger partial charge on any atom is -0.330 e. The normalized spacial score (nSPS) is 16.6. The Balaban J connectivity index is 2.35. The maximum absolute atomic E-state index is 12.5. The Labute approximate surface area is 109 Å². The third kappa shape index (κ3) is 2.45. The van der Waals surface area contributed by atoms with Crippen molar-refractivity contribution in [2.45, 2.75) is 49.2 Å². The van der Waals surface area contributed by atoms with Crippen LogP contribution in [0.2, 0.25) is 0 Å². The van der Waals surface area contributed by atoms with Crippen molar-refractivity contribution in [2.75, 3.05) is 6.54 Å². The van der Waals surface area contributed by atoms with Gasteiger partial charge < -0.3 is 5.73 Å². The van der Waals surface area contributed by atoms with Gasteiger partial charge in [-0.3, -0.25) is 0 Å². The summed E-state index contributed by atoms with van der Waals surface area (Å²) in [5.74, 6) is 0. The van der Waals surface area contributed by atoms with Crippen LogP contribution in [-0.2, 0) is 22.7 Å². The predicted octanol–water partition coefficient (Wildman–Crippen LogP) is 2.08. The van der Waals surface area contributed by atoms with Gasteiger partial charge >= 0.3 is 0 Å². The zero-order chi connectivity index (χ0) is 13.2. The number of hydrogen-bond donors (Lipinski definition) is 1. The van der Waals surface area contributed by atoms with Crippen molar-refractivity contribution in [1.29, 1.82) is 0 Å². The summed E-state index contributed by atoms with van der Waals surface area (Å²) in [6.07, 6.45) is 4.38. The van der Waals surface area contributed by atoms with Crippen LogP contribution in [0.3, 0.4) is 0 Å². The van der Waals surface area contributed by atoms with Gasteiger partial charge in [-0.1, -0.05) is 13.0 Å². The van der Waals surface area contributed by atoms with Crippen molar-refractivity contribution < 1.29 is 8.42 Å². The van der Waals surface area contributed by atoms with Gasteiger partial charge in [0.1, 0.15) is 0 Å². The van der Waals surface area contributed by atoms with E-state index in [4.69, 9.17) is 5.73 Å². The molecule has 3 nitrogen and oxygen atoms in total. The maximum atomic E-state index is 12.5. The van der Waals surface area contributed by atoms with Crippen molar-refractivity contribution in [3.05, 3.63) is 29.3 Å². The Bertz CT molecular complexity index is 523. The van der Waals surface area contributed by atoms with Crippen LogP contribution >= 0.6 is 0 Å². The average Bonchev–Trinajstić information content (AvgIpc) is 2.82. The molecule has 1 aliphatic carbocycles. The second-order valence-electron chi connectivity index (χ2n) is 4.94. The molecule has 2 rings (SSSR count). The van der Waals surface area contributed by atoms with Crippen LogP contribution < -0.4 is 5.73 Å². The van der Waals surface area contributed by atoms with E-state index in [0.717, 1.165) is 19.3 Å². The Morgan fingerprint density at radius 2 is 2.00 bits per heavy atom. The molecule has 0 aliphatic heterocycles. The second kappa shape index (κ2) is 5.41. The summed E-state index contributed by atoms with van der Waals surface area (Å²) in [6, 6.07) is 5.61. The third-order valence-corrected chi connectivity index (χ3v) is 6.14. The van der Waals surface area contributed by atoms with Gasteiger partial charge in [-0.05, 0) is 61.9 Å². The molecule has 0 radical (unpaired) electrons. The standard InChI is InChI=1S/C14H21NO2S/c1-2-13(8-9-15)18(16,17)14-7-6-11-4-3-5-12(11)10-14/h6-7,10,13H,2-5,8-9,15H2,1H3. The molecule has 2 N–H and O–H groups in total. The smallest absolute Gasteiger partial charge is 0.181 e. The second-order valence-corrected chi connectivity index (χ2v) is 7.16. The number of hydrogen-bond acceptors (Lipinski definition) is 3. The Morgan fingerprint density at radius 3 is 2.67 bits per heavy atom. The van der Waals surface area contributed by atoms with Crippen LogP contribution in [0.25, 0.3) is 0 Å². The van der Waals surface area contributed by atoms with Gasteiger partial charge in [0.25, 0.3) is 0 Å². The molecule has 0 bridgehead atoms. The fourth-order valence-electron chi connectivity index (χ4n) is 2.68. The molecule has 1 aromatic rings. The van der Waals surface area contributed by atoms with Gasteiger partial charge in [0.2, 0.25) is 0 Å². The molecular weight excluding hydrogens is 246 g/mol.